The highest BCUT2D eigenvalue weighted by molar-refractivity contribution is 9.10. The Morgan fingerprint density at radius 2 is 1.50 bits per heavy atom. The fourth-order valence-electron chi connectivity index (χ4n) is 3.31. The number of carboxylic acid groups (broad SMARTS) is 1. The lowest BCUT2D eigenvalue weighted by atomic mass is 9.99. The van der Waals surface area contributed by atoms with E-state index in [1.165, 1.54) is 4.90 Å². The van der Waals surface area contributed by atoms with Crippen LogP contribution in [-0.4, -0.2) is 41.0 Å². The zero-order chi connectivity index (χ0) is 21.5. The summed E-state index contributed by atoms with van der Waals surface area (Å²) in [6.07, 6.45) is 0.201. The van der Waals surface area contributed by atoms with Crippen LogP contribution in [0.1, 0.15) is 15.9 Å². The topological polar surface area (TPSA) is 83.6 Å². The highest BCUT2D eigenvalue weighted by Crippen LogP contribution is 2.21. The highest BCUT2D eigenvalue weighted by atomic mass is 79.9. The summed E-state index contributed by atoms with van der Waals surface area (Å²) >= 11 is 3.34. The van der Waals surface area contributed by atoms with Gasteiger partial charge in [0, 0.05) is 29.5 Å². The molecule has 6 heteroatoms. The molecule has 1 atom stereocenters. The van der Waals surface area contributed by atoms with Gasteiger partial charge in [0.25, 0.3) is 5.91 Å². The maximum atomic E-state index is 13.0. The van der Waals surface area contributed by atoms with Gasteiger partial charge >= 0.3 is 5.97 Å². The molecule has 5 nitrogen and oxygen atoms in total. The van der Waals surface area contributed by atoms with Crippen molar-refractivity contribution in [2.75, 3.05) is 13.1 Å². The third-order valence-corrected chi connectivity index (χ3v) is 5.40. The van der Waals surface area contributed by atoms with Crippen LogP contribution in [0.2, 0.25) is 0 Å². The second-order valence-electron chi connectivity index (χ2n) is 6.92. The maximum absolute atomic E-state index is 13.0. The minimum Gasteiger partial charge on any atom is -0.480 e. The number of benzene rings is 3. The third kappa shape index (κ3) is 5.34. The Hall–Kier alpha value is -2.96. The Balaban J connectivity index is 1.83. The van der Waals surface area contributed by atoms with Crippen molar-refractivity contribution in [1.82, 2.24) is 4.90 Å². The van der Waals surface area contributed by atoms with E-state index in [4.69, 9.17) is 5.73 Å². The van der Waals surface area contributed by atoms with Gasteiger partial charge in [0.05, 0.1) is 0 Å². The molecule has 3 aromatic rings. The minimum atomic E-state index is -1.05. The molecule has 1 unspecified atom stereocenters. The zero-order valence-electron chi connectivity index (χ0n) is 16.4. The van der Waals surface area contributed by atoms with Crippen molar-refractivity contribution in [2.45, 2.75) is 12.5 Å². The Morgan fingerprint density at radius 3 is 2.07 bits per heavy atom. The van der Waals surface area contributed by atoms with E-state index in [0.717, 1.165) is 21.2 Å². The standard InChI is InChI=1S/C24H23BrN2O3/c25-21-12-10-20(11-13-21)23(28)27(15-14-26)22(24(29)30)16-17-6-8-19(9-7-17)18-4-2-1-3-5-18/h1-13,22H,14-16,26H2,(H,29,30). The van der Waals surface area contributed by atoms with E-state index >= 15 is 0 Å². The molecule has 1 amide bonds. The van der Waals surface area contributed by atoms with Crippen LogP contribution >= 0.6 is 15.9 Å². The summed E-state index contributed by atoms with van der Waals surface area (Å²) in [6.45, 7) is 0.340. The number of carbonyl (C=O) groups is 2. The van der Waals surface area contributed by atoms with Crippen LogP contribution in [0.5, 0.6) is 0 Å². The molecule has 30 heavy (non-hydrogen) atoms. The van der Waals surface area contributed by atoms with Crippen LogP contribution in [0.3, 0.4) is 0 Å². The molecule has 0 fully saturated rings. The van der Waals surface area contributed by atoms with Gasteiger partial charge in [0.15, 0.2) is 0 Å². The number of nitrogens with two attached hydrogens (primary N) is 1. The molecule has 0 bridgehead atoms. The van der Waals surface area contributed by atoms with Crippen LogP contribution in [-0.2, 0) is 11.2 Å². The third-order valence-electron chi connectivity index (χ3n) is 4.87. The predicted octanol–water partition coefficient (Wildman–Crippen LogP) is 4.21. The van der Waals surface area contributed by atoms with Crippen LogP contribution in [0.25, 0.3) is 11.1 Å². The molecular weight excluding hydrogens is 444 g/mol. The maximum Gasteiger partial charge on any atom is 0.326 e. The summed E-state index contributed by atoms with van der Waals surface area (Å²) in [5, 5.41) is 9.86. The largest absolute Gasteiger partial charge is 0.480 e. The van der Waals surface area contributed by atoms with Gasteiger partial charge in [-0.3, -0.25) is 4.79 Å². The lowest BCUT2D eigenvalue weighted by Crippen LogP contribution is -2.48. The number of halogens is 1. The summed E-state index contributed by atoms with van der Waals surface area (Å²) in [5.41, 5.74) is 9.10. The summed E-state index contributed by atoms with van der Waals surface area (Å²) in [6, 6.07) is 23.5. The lowest BCUT2D eigenvalue weighted by molar-refractivity contribution is -0.142. The molecule has 3 aromatic carbocycles. The smallest absolute Gasteiger partial charge is 0.326 e. The fraction of sp³-hybridized carbons (Fsp3) is 0.167. The van der Waals surface area contributed by atoms with Crippen LogP contribution in [0, 0.1) is 0 Å². The number of carbonyl (C=O) groups excluding carboxylic acids is 1. The van der Waals surface area contributed by atoms with Crippen molar-refractivity contribution in [1.29, 1.82) is 0 Å². The Morgan fingerprint density at radius 1 is 0.900 bits per heavy atom. The average Bonchev–Trinajstić information content (AvgIpc) is 2.77. The first-order valence-corrected chi connectivity index (χ1v) is 10.4. The fourth-order valence-corrected chi connectivity index (χ4v) is 3.58. The van der Waals surface area contributed by atoms with Crippen LogP contribution in [0.4, 0.5) is 0 Å². The normalized spacial score (nSPS) is 11.7. The molecule has 0 aliphatic rings. The second-order valence-corrected chi connectivity index (χ2v) is 7.83. The number of aliphatic carboxylic acids is 1. The van der Waals surface area contributed by atoms with Gasteiger partial charge in [-0.2, -0.15) is 0 Å². The van der Waals surface area contributed by atoms with Gasteiger partial charge in [-0.1, -0.05) is 70.5 Å². The van der Waals surface area contributed by atoms with Crippen molar-refractivity contribution in [3.8, 4) is 11.1 Å². The molecule has 3 N–H and O–H groups in total. The van der Waals surface area contributed by atoms with Crippen molar-refractivity contribution in [3.63, 3.8) is 0 Å². The molecule has 0 aliphatic carbocycles. The van der Waals surface area contributed by atoms with E-state index in [-0.39, 0.29) is 25.4 Å². The van der Waals surface area contributed by atoms with Gasteiger partial charge in [0.2, 0.25) is 0 Å². The van der Waals surface area contributed by atoms with E-state index < -0.39 is 12.0 Å². The molecule has 0 aliphatic heterocycles. The van der Waals surface area contributed by atoms with Gasteiger partial charge in [-0.25, -0.2) is 4.79 Å². The van der Waals surface area contributed by atoms with E-state index in [0.29, 0.717) is 5.56 Å². The Labute approximate surface area is 184 Å². The summed E-state index contributed by atoms with van der Waals surface area (Å²) in [5.74, 6) is -1.40. The average molecular weight is 467 g/mol. The van der Waals surface area contributed by atoms with Crippen molar-refractivity contribution >= 4 is 27.8 Å². The zero-order valence-corrected chi connectivity index (χ0v) is 18.0. The van der Waals surface area contributed by atoms with Crippen LogP contribution < -0.4 is 5.73 Å². The van der Waals surface area contributed by atoms with Gasteiger partial charge in [-0.05, 0) is 41.0 Å². The lowest BCUT2D eigenvalue weighted by Gasteiger charge is -2.29. The monoisotopic (exact) mass is 466 g/mol. The molecule has 0 saturated carbocycles. The van der Waals surface area contributed by atoms with E-state index in [9.17, 15) is 14.7 Å². The van der Waals surface area contributed by atoms with E-state index in [1.54, 1.807) is 24.3 Å². The molecule has 0 radical (unpaired) electrons. The van der Waals surface area contributed by atoms with Gasteiger partial charge in [-0.15, -0.1) is 0 Å². The molecule has 0 heterocycles. The molecule has 0 spiro atoms. The predicted molar refractivity (Wildman–Crippen MR) is 121 cm³/mol. The molecule has 154 valence electrons. The van der Waals surface area contributed by atoms with Crippen LogP contribution in [0.15, 0.2) is 83.3 Å². The summed E-state index contributed by atoms with van der Waals surface area (Å²) in [7, 11) is 0. The molecule has 3 rings (SSSR count). The van der Waals surface area contributed by atoms with Gasteiger partial charge in [0.1, 0.15) is 6.04 Å². The second kappa shape index (κ2) is 10.2. The first-order chi connectivity index (χ1) is 14.5. The van der Waals surface area contributed by atoms with Crippen molar-refractivity contribution in [2.24, 2.45) is 5.73 Å². The first-order valence-electron chi connectivity index (χ1n) is 9.63. The van der Waals surface area contributed by atoms with Crippen molar-refractivity contribution < 1.29 is 14.7 Å². The molecule has 0 saturated heterocycles. The number of hydrogen-bond donors (Lipinski definition) is 2. The van der Waals surface area contributed by atoms with Gasteiger partial charge < -0.3 is 15.7 Å². The van der Waals surface area contributed by atoms with Crippen molar-refractivity contribution in [3.05, 3.63) is 94.5 Å². The minimum absolute atomic E-state index is 0.161. The molecule has 0 aromatic heterocycles. The molecular formula is C24H23BrN2O3. The first kappa shape index (κ1) is 21.7. The number of hydrogen-bond acceptors (Lipinski definition) is 3. The summed E-state index contributed by atoms with van der Waals surface area (Å²) < 4.78 is 0.845. The number of rotatable bonds is 8. The number of carboxylic acids is 1. The highest BCUT2D eigenvalue weighted by Gasteiger charge is 2.30. The summed E-state index contributed by atoms with van der Waals surface area (Å²) in [4.78, 5) is 26.4. The van der Waals surface area contributed by atoms with E-state index in [2.05, 4.69) is 15.9 Å². The van der Waals surface area contributed by atoms with E-state index in [1.807, 2.05) is 54.6 Å². The number of nitrogens with zero attached hydrogens (tertiary/aromatic N) is 1. The SMILES string of the molecule is NCCN(C(=O)c1ccc(Br)cc1)C(Cc1ccc(-c2ccccc2)cc1)C(=O)O. The Bertz CT molecular complexity index is 989. The quantitative estimate of drug-likeness (QED) is 0.520. The Kier molecular flexibility index (Phi) is 7.38. The number of amides is 1.